The maximum atomic E-state index is 13.4. The lowest BCUT2D eigenvalue weighted by atomic mass is 9.82. The van der Waals surface area contributed by atoms with E-state index in [2.05, 4.69) is 21.9 Å². The summed E-state index contributed by atoms with van der Waals surface area (Å²) in [6.07, 6.45) is 0. The van der Waals surface area contributed by atoms with Gasteiger partial charge in [-0.05, 0) is 71.8 Å². The molecule has 0 aromatic heterocycles. The van der Waals surface area contributed by atoms with Crippen molar-refractivity contribution < 1.29 is 38.4 Å². The standard InChI is InChI=1S/C29H29NO4.C23H23NO4/c1-2-34-28(31)27-26(22-9-5-3-6-10-22)24-14-13-21(20-30-15-17-33-18-16-30)19-25(24)29(27,32)23-11-7-4-8-12-23;1-3-28-23(26)21-20(16-7-5-4-6-8-16)19-15(2)13-17(14-18(19)22(21)25)24-9-11-27-12-10-24/h3-14,19,32H,2,15-18,20H2,1H3;4-8,13-14H,3,9-12H2,1-2H3. The van der Waals surface area contributed by atoms with Crippen LogP contribution in [0.15, 0.2) is 132 Å². The zero-order valence-corrected chi connectivity index (χ0v) is 35.5. The molecule has 9 rings (SSSR count). The summed E-state index contributed by atoms with van der Waals surface area (Å²) in [6, 6.07) is 38.9. The summed E-state index contributed by atoms with van der Waals surface area (Å²) in [7, 11) is 0. The van der Waals surface area contributed by atoms with Gasteiger partial charge in [0.15, 0.2) is 0 Å². The minimum Gasteiger partial charge on any atom is -0.463 e. The molecule has 2 fully saturated rings. The normalized spacial score (nSPS) is 18.5. The van der Waals surface area contributed by atoms with Gasteiger partial charge in [0.1, 0.15) is 11.2 Å². The van der Waals surface area contributed by atoms with Gasteiger partial charge in [-0.2, -0.15) is 0 Å². The van der Waals surface area contributed by atoms with Crippen LogP contribution >= 0.6 is 0 Å². The Morgan fingerprint density at radius 1 is 0.677 bits per heavy atom. The second kappa shape index (κ2) is 18.8. The molecule has 1 atom stereocenters. The first-order valence-electron chi connectivity index (χ1n) is 21.4. The fourth-order valence-electron chi connectivity index (χ4n) is 8.96. The van der Waals surface area contributed by atoms with Gasteiger partial charge in [-0.15, -0.1) is 0 Å². The summed E-state index contributed by atoms with van der Waals surface area (Å²) >= 11 is 0. The number of ether oxygens (including phenoxy) is 4. The van der Waals surface area contributed by atoms with Crippen LogP contribution in [0, 0.1) is 6.92 Å². The Morgan fingerprint density at radius 3 is 1.85 bits per heavy atom. The third-order valence-electron chi connectivity index (χ3n) is 11.8. The average molecular weight is 833 g/mol. The van der Waals surface area contributed by atoms with Gasteiger partial charge >= 0.3 is 11.9 Å². The monoisotopic (exact) mass is 832 g/mol. The number of nitrogens with zero attached hydrogens (tertiary/aromatic N) is 2. The topological polar surface area (TPSA) is 115 Å². The number of ketones is 1. The van der Waals surface area contributed by atoms with E-state index in [9.17, 15) is 19.5 Å². The zero-order chi connectivity index (χ0) is 43.2. The molecule has 0 bridgehead atoms. The fourth-order valence-corrected chi connectivity index (χ4v) is 8.96. The molecule has 2 aliphatic carbocycles. The molecule has 2 heterocycles. The number of Topliss-reactive ketones (excluding diaryl/α,β-unsaturated/α-hetero) is 1. The number of esters is 2. The highest BCUT2D eigenvalue weighted by atomic mass is 16.5. The Kier molecular flexibility index (Phi) is 12.9. The van der Waals surface area contributed by atoms with E-state index in [0.29, 0.717) is 35.5 Å². The second-order valence-corrected chi connectivity index (χ2v) is 15.6. The van der Waals surface area contributed by atoms with E-state index < -0.39 is 17.5 Å². The Bertz CT molecular complexity index is 2500. The van der Waals surface area contributed by atoms with Crippen LogP contribution in [0.1, 0.15) is 68.7 Å². The molecule has 0 saturated carbocycles. The highest BCUT2D eigenvalue weighted by Gasteiger charge is 2.49. The van der Waals surface area contributed by atoms with Crippen molar-refractivity contribution >= 4 is 34.6 Å². The molecule has 318 valence electrons. The van der Waals surface area contributed by atoms with Gasteiger partial charge in [-0.1, -0.05) is 109 Å². The van der Waals surface area contributed by atoms with Crippen LogP contribution in [0.3, 0.4) is 0 Å². The highest BCUT2D eigenvalue weighted by Crippen LogP contribution is 2.52. The van der Waals surface area contributed by atoms with Gasteiger partial charge in [0.2, 0.25) is 5.78 Å². The molecule has 10 heteroatoms. The van der Waals surface area contributed by atoms with Gasteiger partial charge in [0, 0.05) is 60.7 Å². The van der Waals surface area contributed by atoms with Crippen molar-refractivity contribution in [2.45, 2.75) is 32.9 Å². The molecule has 2 aliphatic heterocycles. The smallest absolute Gasteiger partial charge is 0.342 e. The van der Waals surface area contributed by atoms with Gasteiger partial charge in [0.05, 0.1) is 45.2 Å². The Hall–Kier alpha value is -6.17. The number of rotatable bonds is 10. The molecule has 4 aliphatic rings. The van der Waals surface area contributed by atoms with Crippen LogP contribution in [-0.4, -0.2) is 93.5 Å². The third kappa shape index (κ3) is 8.26. The van der Waals surface area contributed by atoms with E-state index >= 15 is 0 Å². The summed E-state index contributed by atoms with van der Waals surface area (Å²) in [4.78, 5) is 43.9. The molecule has 62 heavy (non-hydrogen) atoms. The molecule has 2 saturated heterocycles. The van der Waals surface area contributed by atoms with Crippen molar-refractivity contribution in [2.75, 3.05) is 70.7 Å². The number of hydrogen-bond acceptors (Lipinski definition) is 10. The second-order valence-electron chi connectivity index (χ2n) is 15.6. The van der Waals surface area contributed by atoms with Crippen molar-refractivity contribution in [3.05, 3.63) is 183 Å². The lowest BCUT2D eigenvalue weighted by Crippen LogP contribution is -2.36. The van der Waals surface area contributed by atoms with Crippen molar-refractivity contribution in [3.8, 4) is 0 Å². The number of aliphatic hydroxyl groups is 1. The third-order valence-corrected chi connectivity index (χ3v) is 11.8. The molecule has 5 aromatic rings. The maximum Gasteiger partial charge on any atom is 0.342 e. The number of hydrogen-bond donors (Lipinski definition) is 1. The predicted molar refractivity (Wildman–Crippen MR) is 239 cm³/mol. The van der Waals surface area contributed by atoms with Crippen LogP contribution in [-0.2, 0) is 40.7 Å². The van der Waals surface area contributed by atoms with Crippen molar-refractivity contribution in [1.29, 1.82) is 0 Å². The number of morpholine rings is 2. The van der Waals surface area contributed by atoms with E-state index in [-0.39, 0.29) is 30.1 Å². The molecule has 10 nitrogen and oxygen atoms in total. The Balaban J connectivity index is 0.000000174. The largest absolute Gasteiger partial charge is 0.463 e. The van der Waals surface area contributed by atoms with E-state index in [1.165, 1.54) is 0 Å². The molecule has 5 aromatic carbocycles. The zero-order valence-electron chi connectivity index (χ0n) is 35.5. The van der Waals surface area contributed by atoms with Crippen LogP contribution in [0.5, 0.6) is 0 Å². The van der Waals surface area contributed by atoms with Gasteiger partial charge in [-0.3, -0.25) is 9.69 Å². The Labute approximate surface area is 363 Å². The minimum absolute atomic E-state index is 0.130. The molecule has 0 spiro atoms. The van der Waals surface area contributed by atoms with Gasteiger partial charge in [-0.25, -0.2) is 9.59 Å². The highest BCUT2D eigenvalue weighted by molar-refractivity contribution is 6.35. The lowest BCUT2D eigenvalue weighted by molar-refractivity contribution is -0.140. The molecule has 0 radical (unpaired) electrons. The van der Waals surface area contributed by atoms with E-state index in [0.717, 1.165) is 90.6 Å². The van der Waals surface area contributed by atoms with Crippen molar-refractivity contribution in [3.63, 3.8) is 0 Å². The number of anilines is 1. The first kappa shape index (κ1) is 42.5. The van der Waals surface area contributed by atoms with Crippen molar-refractivity contribution in [1.82, 2.24) is 4.90 Å². The number of fused-ring (bicyclic) bond motifs is 2. The summed E-state index contributed by atoms with van der Waals surface area (Å²) in [5, 5.41) is 12.4. The summed E-state index contributed by atoms with van der Waals surface area (Å²) in [5.41, 5.74) is 8.57. The van der Waals surface area contributed by atoms with Crippen molar-refractivity contribution in [2.24, 2.45) is 0 Å². The lowest BCUT2D eigenvalue weighted by Gasteiger charge is -2.29. The van der Waals surface area contributed by atoms with Crippen LogP contribution in [0.4, 0.5) is 5.69 Å². The number of carbonyl (C=O) groups excluding carboxylic acids is 3. The number of carbonyl (C=O) groups is 3. The minimum atomic E-state index is -1.62. The first-order chi connectivity index (χ1) is 30.2. The van der Waals surface area contributed by atoms with Gasteiger partial charge < -0.3 is 29.0 Å². The fraction of sp³-hybridized carbons (Fsp3) is 0.288. The Morgan fingerprint density at radius 2 is 1.24 bits per heavy atom. The molecule has 0 amide bonds. The first-order valence-corrected chi connectivity index (χ1v) is 21.4. The molecular weight excluding hydrogens is 781 g/mol. The number of aryl methyl sites for hydroxylation is 1. The quantitative estimate of drug-likeness (QED) is 0.112. The summed E-state index contributed by atoms with van der Waals surface area (Å²) in [5.74, 6) is -1.32. The molecule has 1 N–H and O–H groups in total. The van der Waals surface area contributed by atoms with E-state index in [4.69, 9.17) is 18.9 Å². The maximum absolute atomic E-state index is 13.4. The van der Waals surface area contributed by atoms with Crippen LogP contribution in [0.2, 0.25) is 0 Å². The summed E-state index contributed by atoms with van der Waals surface area (Å²) < 4.78 is 21.6. The number of benzene rings is 5. The van der Waals surface area contributed by atoms with Gasteiger partial charge in [0.25, 0.3) is 0 Å². The molecular formula is C52H52N2O8. The average Bonchev–Trinajstić information content (AvgIpc) is 3.76. The van der Waals surface area contributed by atoms with Crippen LogP contribution < -0.4 is 4.90 Å². The van der Waals surface area contributed by atoms with Crippen LogP contribution in [0.25, 0.3) is 11.1 Å². The predicted octanol–water partition coefficient (Wildman–Crippen LogP) is 7.53. The summed E-state index contributed by atoms with van der Waals surface area (Å²) in [6.45, 7) is 12.9. The van der Waals surface area contributed by atoms with E-state index in [1.807, 2.05) is 116 Å². The SMILES string of the molecule is CCOC(=O)C1=C(c2ccccc2)c2c(C)cc(N3CCOCC3)cc2C1=O.CCOC(=O)C1=C(c2ccccc2)c2ccc(CN3CCOCC3)cc2C1(O)c1ccccc1. The van der Waals surface area contributed by atoms with E-state index in [1.54, 1.807) is 13.8 Å². The molecule has 1 unspecified atom stereocenters.